The number of anilines is 1. The Bertz CT molecular complexity index is 1100. The van der Waals surface area contributed by atoms with Crippen molar-refractivity contribution >= 4 is 22.8 Å². The van der Waals surface area contributed by atoms with Gasteiger partial charge < -0.3 is 14.6 Å². The van der Waals surface area contributed by atoms with E-state index in [9.17, 15) is 18.7 Å². The topological polar surface area (TPSA) is 71.2 Å². The highest BCUT2D eigenvalue weighted by atomic mass is 19.3. The van der Waals surface area contributed by atoms with Crippen molar-refractivity contribution in [1.82, 2.24) is 14.5 Å². The fourth-order valence-corrected chi connectivity index (χ4v) is 4.19. The number of halogens is 2. The molecule has 3 heterocycles. The summed E-state index contributed by atoms with van der Waals surface area (Å²) in [6, 6.07) is 7.34. The van der Waals surface area contributed by atoms with Gasteiger partial charge in [0.05, 0.1) is 23.9 Å². The first-order valence-corrected chi connectivity index (χ1v) is 9.12. The highest BCUT2D eigenvalue weighted by Gasteiger charge is 2.72. The molecule has 1 N–H and O–H groups in total. The molecule has 1 aliphatic heterocycles. The minimum atomic E-state index is -2.52. The molecule has 2 unspecified atom stereocenters. The number of aromatic nitrogens is 3. The molecule has 8 heteroatoms. The van der Waals surface area contributed by atoms with Gasteiger partial charge in [-0.3, -0.25) is 0 Å². The molecule has 0 radical (unpaired) electrons. The maximum Gasteiger partial charge on any atom is 0.337 e. The molecule has 1 saturated heterocycles. The number of carboxylic acids is 1. The van der Waals surface area contributed by atoms with Crippen LogP contribution in [0.5, 0.6) is 0 Å². The first kappa shape index (κ1) is 17.1. The highest BCUT2D eigenvalue weighted by Crippen LogP contribution is 2.59. The van der Waals surface area contributed by atoms with Crippen LogP contribution < -0.4 is 4.90 Å². The van der Waals surface area contributed by atoms with Crippen LogP contribution in [0.3, 0.4) is 0 Å². The van der Waals surface area contributed by atoms with Crippen LogP contribution in [0.4, 0.5) is 14.7 Å². The maximum absolute atomic E-state index is 13.4. The van der Waals surface area contributed by atoms with Crippen molar-refractivity contribution in [3.63, 3.8) is 0 Å². The summed E-state index contributed by atoms with van der Waals surface area (Å²) < 4.78 is 28.7. The molecule has 0 spiro atoms. The number of hydrogen-bond donors (Lipinski definition) is 1. The maximum atomic E-state index is 13.4. The van der Waals surface area contributed by atoms with Crippen molar-refractivity contribution in [2.75, 3.05) is 18.0 Å². The van der Waals surface area contributed by atoms with Gasteiger partial charge in [-0.15, -0.1) is 0 Å². The van der Waals surface area contributed by atoms with E-state index < -0.39 is 23.7 Å². The summed E-state index contributed by atoms with van der Waals surface area (Å²) in [6.45, 7) is 2.88. The van der Waals surface area contributed by atoms with Crippen molar-refractivity contribution in [3.05, 3.63) is 53.5 Å². The van der Waals surface area contributed by atoms with Gasteiger partial charge in [-0.2, -0.15) is 0 Å². The third kappa shape index (κ3) is 2.47. The van der Waals surface area contributed by atoms with Gasteiger partial charge >= 0.3 is 5.97 Å². The zero-order chi connectivity index (χ0) is 19.6. The summed E-state index contributed by atoms with van der Waals surface area (Å²) in [7, 11) is 0. The molecule has 2 aliphatic rings. The van der Waals surface area contributed by atoms with Gasteiger partial charge in [0.1, 0.15) is 0 Å². The van der Waals surface area contributed by atoms with Gasteiger partial charge in [0, 0.05) is 47.6 Å². The molecule has 1 aromatic carbocycles. The molecule has 3 aromatic rings. The van der Waals surface area contributed by atoms with Gasteiger partial charge in [0.25, 0.3) is 5.92 Å². The Kier molecular flexibility index (Phi) is 3.50. The number of aromatic carboxylic acids is 1. The molecule has 2 aromatic heterocycles. The molecule has 6 nitrogen and oxygen atoms in total. The van der Waals surface area contributed by atoms with Crippen LogP contribution in [0.15, 0.2) is 36.7 Å². The van der Waals surface area contributed by atoms with Crippen LogP contribution in [0.1, 0.15) is 21.6 Å². The number of alkyl halides is 2. The lowest BCUT2D eigenvalue weighted by atomic mass is 10.2. The van der Waals surface area contributed by atoms with Crippen molar-refractivity contribution in [2.45, 2.75) is 19.4 Å². The summed E-state index contributed by atoms with van der Waals surface area (Å²) in [4.78, 5) is 22.2. The molecule has 1 saturated carbocycles. The van der Waals surface area contributed by atoms with E-state index in [-0.39, 0.29) is 5.56 Å². The van der Waals surface area contributed by atoms with Crippen molar-refractivity contribution in [2.24, 2.45) is 11.8 Å². The van der Waals surface area contributed by atoms with Crippen LogP contribution in [-0.4, -0.2) is 44.6 Å². The number of benzene rings is 1. The van der Waals surface area contributed by atoms with Crippen molar-refractivity contribution in [3.8, 4) is 0 Å². The summed E-state index contributed by atoms with van der Waals surface area (Å²) in [5.74, 6) is -4.16. The number of hydrogen-bond acceptors (Lipinski definition) is 4. The molecular weight excluding hydrogens is 366 g/mol. The summed E-state index contributed by atoms with van der Waals surface area (Å²) >= 11 is 0. The molecule has 28 heavy (non-hydrogen) atoms. The Labute approximate surface area is 159 Å². The zero-order valence-corrected chi connectivity index (χ0v) is 15.1. The molecule has 0 bridgehead atoms. The van der Waals surface area contributed by atoms with Crippen LogP contribution in [-0.2, 0) is 6.54 Å². The van der Waals surface area contributed by atoms with Crippen LogP contribution in [0, 0.1) is 18.8 Å². The van der Waals surface area contributed by atoms with E-state index in [0.29, 0.717) is 31.0 Å². The Morgan fingerprint density at radius 1 is 1.29 bits per heavy atom. The zero-order valence-electron chi connectivity index (χ0n) is 15.1. The summed E-state index contributed by atoms with van der Waals surface area (Å²) in [6.07, 6.45) is 3.32. The molecule has 1 aliphatic carbocycles. The number of fused-ring (bicyclic) bond motifs is 2. The largest absolute Gasteiger partial charge is 0.478 e. The Hall–Kier alpha value is -3.03. The molecule has 0 amide bonds. The SMILES string of the molecule is Cc1nc(N2CC3C(C2)C3(F)F)ncc1Cn1cc(C(=O)O)c2ccccc21. The number of piperidine rings is 1. The Morgan fingerprint density at radius 3 is 2.68 bits per heavy atom. The summed E-state index contributed by atoms with van der Waals surface area (Å²) in [5, 5.41) is 10.1. The predicted molar refractivity (Wildman–Crippen MR) is 98.9 cm³/mol. The van der Waals surface area contributed by atoms with Gasteiger partial charge in [0.15, 0.2) is 0 Å². The van der Waals surface area contributed by atoms with E-state index in [4.69, 9.17) is 0 Å². The second-order valence-corrected chi connectivity index (χ2v) is 7.57. The minimum absolute atomic E-state index is 0.253. The Morgan fingerprint density at radius 2 is 2.00 bits per heavy atom. The lowest BCUT2D eigenvalue weighted by Gasteiger charge is -2.20. The van der Waals surface area contributed by atoms with Gasteiger partial charge in [-0.1, -0.05) is 18.2 Å². The Balaban J connectivity index is 1.41. The molecule has 5 rings (SSSR count). The van der Waals surface area contributed by atoms with Crippen LogP contribution in [0.2, 0.25) is 0 Å². The van der Waals surface area contributed by atoms with E-state index >= 15 is 0 Å². The second-order valence-electron chi connectivity index (χ2n) is 7.57. The average Bonchev–Trinajstić information content (AvgIpc) is 3.06. The number of aryl methyl sites for hydroxylation is 1. The van der Waals surface area contributed by atoms with Gasteiger partial charge in [-0.25, -0.2) is 23.5 Å². The lowest BCUT2D eigenvalue weighted by molar-refractivity contribution is 0.0698. The fraction of sp³-hybridized carbons (Fsp3) is 0.350. The lowest BCUT2D eigenvalue weighted by Crippen LogP contribution is -2.29. The summed E-state index contributed by atoms with van der Waals surface area (Å²) in [5.41, 5.74) is 2.69. The highest BCUT2D eigenvalue weighted by molar-refractivity contribution is 6.03. The van der Waals surface area contributed by atoms with E-state index in [2.05, 4.69) is 9.97 Å². The van der Waals surface area contributed by atoms with Gasteiger partial charge in [-0.05, 0) is 13.0 Å². The van der Waals surface area contributed by atoms with E-state index in [1.54, 1.807) is 18.5 Å². The number of para-hydroxylation sites is 1. The first-order chi connectivity index (χ1) is 13.4. The van der Waals surface area contributed by atoms with Crippen LogP contribution in [0.25, 0.3) is 10.9 Å². The second kappa shape index (κ2) is 5.73. The molecule has 2 fully saturated rings. The molecule has 144 valence electrons. The average molecular weight is 384 g/mol. The quantitative estimate of drug-likeness (QED) is 0.748. The van der Waals surface area contributed by atoms with E-state index in [1.165, 1.54) is 0 Å². The van der Waals surface area contributed by atoms with Gasteiger partial charge in [0.2, 0.25) is 5.95 Å². The minimum Gasteiger partial charge on any atom is -0.478 e. The monoisotopic (exact) mass is 384 g/mol. The number of rotatable bonds is 4. The third-order valence-electron chi connectivity index (χ3n) is 5.91. The number of nitrogens with zero attached hydrogens (tertiary/aromatic N) is 4. The van der Waals surface area contributed by atoms with E-state index in [0.717, 1.165) is 16.8 Å². The standard InChI is InChI=1S/C20H18F2N4O2/c1-11-12(6-23-19(24-11)26-9-15-16(10-26)20(15,21)22)7-25-8-14(18(27)28)13-4-2-3-5-17(13)25/h2-6,8,15-16H,7,9-10H2,1H3,(H,27,28). The fourth-order valence-electron chi connectivity index (χ4n) is 4.19. The van der Waals surface area contributed by atoms with Crippen LogP contribution >= 0.6 is 0 Å². The number of carboxylic acid groups (broad SMARTS) is 1. The number of carbonyl (C=O) groups is 1. The normalized spacial score (nSPS) is 22.5. The first-order valence-electron chi connectivity index (χ1n) is 9.12. The molecular formula is C20H18F2N4O2. The molecule has 2 atom stereocenters. The smallest absolute Gasteiger partial charge is 0.337 e. The van der Waals surface area contributed by atoms with Crippen molar-refractivity contribution < 1.29 is 18.7 Å². The van der Waals surface area contributed by atoms with E-state index in [1.807, 2.05) is 34.6 Å². The van der Waals surface area contributed by atoms with Crippen molar-refractivity contribution in [1.29, 1.82) is 0 Å². The third-order valence-corrected chi connectivity index (χ3v) is 5.91. The predicted octanol–water partition coefficient (Wildman–Crippen LogP) is 3.19.